The predicted octanol–water partition coefficient (Wildman–Crippen LogP) is 16.3. The van der Waals surface area contributed by atoms with Gasteiger partial charge in [-0.3, -0.25) is 0 Å². The predicted molar refractivity (Wildman–Crippen MR) is 283 cm³/mol. The summed E-state index contributed by atoms with van der Waals surface area (Å²) >= 11 is 0. The van der Waals surface area contributed by atoms with Gasteiger partial charge in [0.15, 0.2) is 17.5 Å². The zero-order valence-corrected chi connectivity index (χ0v) is 37.2. The van der Waals surface area contributed by atoms with Gasteiger partial charge < -0.3 is 13.6 Å². The molecule has 14 aromatic rings. The minimum absolute atomic E-state index is 0.521. The van der Waals surface area contributed by atoms with Crippen molar-refractivity contribution < 1.29 is 4.42 Å². The van der Waals surface area contributed by atoms with Crippen LogP contribution in [0, 0.1) is 0 Å². The minimum Gasteiger partial charge on any atom is -0.455 e. The highest BCUT2D eigenvalue weighted by Crippen LogP contribution is 2.42. The topological polar surface area (TPSA) is 61.7 Å². The first-order valence-corrected chi connectivity index (χ1v) is 23.3. The Morgan fingerprint density at radius 1 is 0.275 bits per heavy atom. The van der Waals surface area contributed by atoms with Gasteiger partial charge in [-0.15, -0.1) is 0 Å². The Bertz CT molecular complexity index is 4250. The molecule has 0 aliphatic heterocycles. The van der Waals surface area contributed by atoms with Crippen molar-refractivity contribution in [2.24, 2.45) is 0 Å². The highest BCUT2D eigenvalue weighted by molar-refractivity contribution is 6.14. The molecule has 0 N–H and O–H groups in total. The third kappa shape index (κ3) is 6.38. The molecule has 10 aromatic carbocycles. The average molecular weight is 882 g/mol. The SMILES string of the molecule is c1ccc(-c2cccc(-c3ccc4c(c3)oc3c(-c5nc(-c6ccccc6)nc(-c6ccc7c(c6)c6ccccc6n7-c6ccccc6)n5)cc(-n5c6ccccc6c6ccccc65)cc34)c2)cc1. The Morgan fingerprint density at radius 3 is 1.45 bits per heavy atom. The zero-order chi connectivity index (χ0) is 45.4. The third-order valence-corrected chi connectivity index (χ3v) is 13.6. The van der Waals surface area contributed by atoms with Crippen molar-refractivity contribution in [3.05, 3.63) is 237 Å². The van der Waals surface area contributed by atoms with E-state index in [1.165, 1.54) is 16.3 Å². The van der Waals surface area contributed by atoms with Crippen LogP contribution in [0.2, 0.25) is 0 Å². The summed E-state index contributed by atoms with van der Waals surface area (Å²) in [7, 11) is 0. The molecule has 0 spiro atoms. The van der Waals surface area contributed by atoms with Crippen molar-refractivity contribution >= 4 is 65.6 Å². The van der Waals surface area contributed by atoms with E-state index in [2.05, 4.69) is 228 Å². The molecule has 0 radical (unpaired) electrons. The second kappa shape index (κ2) is 15.6. The number of hydrogen-bond acceptors (Lipinski definition) is 4. The van der Waals surface area contributed by atoms with Gasteiger partial charge in [-0.2, -0.15) is 0 Å². The molecule has 0 atom stereocenters. The van der Waals surface area contributed by atoms with E-state index in [1.54, 1.807) is 0 Å². The van der Waals surface area contributed by atoms with Gasteiger partial charge >= 0.3 is 0 Å². The van der Waals surface area contributed by atoms with Crippen LogP contribution in [0.5, 0.6) is 0 Å². The lowest BCUT2D eigenvalue weighted by molar-refractivity contribution is 0.669. The van der Waals surface area contributed by atoms with E-state index >= 15 is 0 Å². The summed E-state index contributed by atoms with van der Waals surface area (Å²) in [6.07, 6.45) is 0. The number of para-hydroxylation sites is 4. The van der Waals surface area contributed by atoms with Gasteiger partial charge in [-0.1, -0.05) is 158 Å². The molecule has 0 fully saturated rings. The van der Waals surface area contributed by atoms with E-state index < -0.39 is 0 Å². The number of nitrogens with zero attached hydrogens (tertiary/aromatic N) is 5. The van der Waals surface area contributed by atoms with Crippen molar-refractivity contribution in [2.75, 3.05) is 0 Å². The molecule has 4 aromatic heterocycles. The molecule has 4 heterocycles. The quantitative estimate of drug-likeness (QED) is 0.160. The van der Waals surface area contributed by atoms with Gasteiger partial charge in [0, 0.05) is 54.8 Å². The molecule has 6 nitrogen and oxygen atoms in total. The van der Waals surface area contributed by atoms with Crippen LogP contribution < -0.4 is 0 Å². The number of benzene rings is 10. The van der Waals surface area contributed by atoms with Crippen LogP contribution in [0.1, 0.15) is 0 Å². The Kier molecular flexibility index (Phi) is 8.79. The summed E-state index contributed by atoms with van der Waals surface area (Å²) in [6, 6.07) is 83.3. The van der Waals surface area contributed by atoms with E-state index in [0.717, 1.165) is 94.0 Å². The number of hydrogen-bond donors (Lipinski definition) is 0. The van der Waals surface area contributed by atoms with Crippen LogP contribution in [-0.2, 0) is 0 Å². The van der Waals surface area contributed by atoms with Crippen LogP contribution in [0.25, 0.3) is 133 Å². The number of rotatable bonds is 7. The van der Waals surface area contributed by atoms with Crippen LogP contribution in [0.4, 0.5) is 0 Å². The first-order valence-electron chi connectivity index (χ1n) is 23.3. The molecular formula is C63H39N5O. The molecule has 69 heavy (non-hydrogen) atoms. The van der Waals surface area contributed by atoms with Crippen molar-refractivity contribution in [1.29, 1.82) is 0 Å². The van der Waals surface area contributed by atoms with Gasteiger partial charge in [0.05, 0.1) is 27.6 Å². The van der Waals surface area contributed by atoms with E-state index in [9.17, 15) is 0 Å². The fraction of sp³-hybridized carbons (Fsp3) is 0. The van der Waals surface area contributed by atoms with Crippen molar-refractivity contribution in [2.45, 2.75) is 0 Å². The lowest BCUT2D eigenvalue weighted by Crippen LogP contribution is -2.01. The summed E-state index contributed by atoms with van der Waals surface area (Å²) in [4.78, 5) is 16.0. The first kappa shape index (κ1) is 38.8. The normalized spacial score (nSPS) is 11.8. The van der Waals surface area contributed by atoms with Crippen LogP contribution in [-0.4, -0.2) is 24.1 Å². The van der Waals surface area contributed by atoms with Gasteiger partial charge in [0.1, 0.15) is 11.2 Å². The molecule has 6 heteroatoms. The molecule has 0 aliphatic rings. The van der Waals surface area contributed by atoms with E-state index in [1.807, 2.05) is 18.2 Å². The number of furan rings is 1. The Hall–Kier alpha value is -9.39. The average Bonchev–Trinajstić information content (AvgIpc) is 4.08. The van der Waals surface area contributed by atoms with Gasteiger partial charge in [-0.05, 0) is 101 Å². The standard InChI is InChI=1S/C63H39N5O/c1-4-17-40(18-5-1)42-21-16-22-43(35-42)44-31-33-51-53-38-47(68-55-28-13-10-25-48(55)49-26-11-14-29-56(49)68)39-54(60(53)69-59(51)37-44)63-65-61(41-19-6-2-7-20-41)64-62(66-63)45-32-34-58-52(36-45)50-27-12-15-30-57(50)67(58)46-23-8-3-9-24-46/h1-39H. The second-order valence-electron chi connectivity index (χ2n) is 17.6. The number of aromatic nitrogens is 5. The Morgan fingerprint density at radius 2 is 0.768 bits per heavy atom. The van der Waals surface area contributed by atoms with E-state index in [-0.39, 0.29) is 0 Å². The van der Waals surface area contributed by atoms with Gasteiger partial charge in [0.2, 0.25) is 0 Å². The fourth-order valence-electron chi connectivity index (χ4n) is 10.4. The molecule has 0 saturated heterocycles. The van der Waals surface area contributed by atoms with Crippen molar-refractivity contribution in [1.82, 2.24) is 24.1 Å². The smallest absolute Gasteiger partial charge is 0.167 e. The summed E-state index contributed by atoms with van der Waals surface area (Å²) in [5.41, 5.74) is 15.1. The van der Waals surface area contributed by atoms with Crippen LogP contribution in [0.3, 0.4) is 0 Å². The highest BCUT2D eigenvalue weighted by Gasteiger charge is 2.23. The Labute approximate surface area is 396 Å². The molecule has 322 valence electrons. The maximum Gasteiger partial charge on any atom is 0.167 e. The monoisotopic (exact) mass is 881 g/mol. The fourth-order valence-corrected chi connectivity index (χ4v) is 10.4. The van der Waals surface area contributed by atoms with Crippen molar-refractivity contribution in [3.8, 4) is 67.8 Å². The van der Waals surface area contributed by atoms with Crippen molar-refractivity contribution in [3.63, 3.8) is 0 Å². The largest absolute Gasteiger partial charge is 0.455 e. The molecular weight excluding hydrogens is 843 g/mol. The molecule has 0 saturated carbocycles. The molecule has 0 unspecified atom stereocenters. The van der Waals surface area contributed by atoms with Gasteiger partial charge in [-0.25, -0.2) is 15.0 Å². The molecule has 0 aliphatic carbocycles. The van der Waals surface area contributed by atoms with E-state index in [0.29, 0.717) is 23.1 Å². The number of fused-ring (bicyclic) bond motifs is 9. The molecule has 14 rings (SSSR count). The minimum atomic E-state index is 0.521. The third-order valence-electron chi connectivity index (χ3n) is 13.6. The van der Waals surface area contributed by atoms with Crippen LogP contribution in [0.15, 0.2) is 241 Å². The molecule has 0 amide bonds. The maximum absolute atomic E-state index is 7.09. The van der Waals surface area contributed by atoms with E-state index in [4.69, 9.17) is 19.4 Å². The second-order valence-corrected chi connectivity index (χ2v) is 17.6. The summed E-state index contributed by atoms with van der Waals surface area (Å²) in [6.45, 7) is 0. The van der Waals surface area contributed by atoms with Gasteiger partial charge in [0.25, 0.3) is 0 Å². The first-order chi connectivity index (χ1) is 34.2. The highest BCUT2D eigenvalue weighted by atomic mass is 16.3. The Balaban J connectivity index is 1.02. The lowest BCUT2D eigenvalue weighted by Gasteiger charge is -2.13. The summed E-state index contributed by atoms with van der Waals surface area (Å²) < 4.78 is 11.8. The molecule has 0 bridgehead atoms. The summed E-state index contributed by atoms with van der Waals surface area (Å²) in [5.74, 6) is 1.67. The lowest BCUT2D eigenvalue weighted by atomic mass is 9.98. The summed E-state index contributed by atoms with van der Waals surface area (Å²) in [5, 5.41) is 6.63. The zero-order valence-electron chi connectivity index (χ0n) is 37.2. The maximum atomic E-state index is 7.09. The van der Waals surface area contributed by atoms with Crippen LogP contribution >= 0.6 is 0 Å².